The number of hydrogen-bond acceptors (Lipinski definition) is 6. The van der Waals surface area contributed by atoms with Crippen molar-refractivity contribution in [3.8, 4) is 5.75 Å². The van der Waals surface area contributed by atoms with E-state index in [0.29, 0.717) is 5.92 Å². The fourth-order valence-electron chi connectivity index (χ4n) is 2.27. The molecule has 0 saturated heterocycles. The second kappa shape index (κ2) is 4.70. The maximum absolute atomic E-state index is 11.7. The summed E-state index contributed by atoms with van der Waals surface area (Å²) in [5, 5.41) is 4.02. The van der Waals surface area contributed by atoms with Gasteiger partial charge in [0.25, 0.3) is 5.91 Å². The molecule has 2 heterocycles. The number of benzene rings is 1. The van der Waals surface area contributed by atoms with E-state index in [2.05, 4.69) is 14.7 Å². The summed E-state index contributed by atoms with van der Waals surface area (Å²) < 4.78 is 9.78. The molecule has 1 N–H and O–H groups in total. The molecule has 4 rings (SSSR count). The van der Waals surface area contributed by atoms with Crippen LogP contribution in [0.25, 0.3) is 0 Å². The standard InChI is InChI=1S/C14H14N4O2S/c1-18-10-6-9(4-5-11(10)20-7-12(18)19)15-14-16-13(17-21-14)8-2-3-8/h4-6,8H,2-3,7H2,1H3,(H,15,16,17). The number of amides is 1. The zero-order valence-corrected chi connectivity index (χ0v) is 12.3. The SMILES string of the molecule is CN1C(=O)COc2ccc(Nc3nc(C4CC4)ns3)cc21. The normalized spacial score (nSPS) is 17.4. The van der Waals surface area contributed by atoms with E-state index in [-0.39, 0.29) is 12.5 Å². The van der Waals surface area contributed by atoms with Crippen LogP contribution in [0, 0.1) is 0 Å². The van der Waals surface area contributed by atoms with Gasteiger partial charge in [-0.15, -0.1) is 0 Å². The summed E-state index contributed by atoms with van der Waals surface area (Å²) in [6.07, 6.45) is 2.39. The van der Waals surface area contributed by atoms with Gasteiger partial charge in [0.15, 0.2) is 6.61 Å². The average Bonchev–Trinajstić information content (AvgIpc) is 3.24. The summed E-state index contributed by atoms with van der Waals surface area (Å²) in [6.45, 7) is 0.0947. The van der Waals surface area contributed by atoms with Crippen LogP contribution in [-0.4, -0.2) is 28.9 Å². The molecule has 1 aromatic carbocycles. The van der Waals surface area contributed by atoms with Gasteiger partial charge in [-0.05, 0) is 31.0 Å². The van der Waals surface area contributed by atoms with E-state index in [1.807, 2.05) is 18.2 Å². The van der Waals surface area contributed by atoms with Crippen LogP contribution in [0.15, 0.2) is 18.2 Å². The van der Waals surface area contributed by atoms with E-state index in [1.165, 1.54) is 24.4 Å². The summed E-state index contributed by atoms with van der Waals surface area (Å²) in [5.74, 6) is 2.17. The highest BCUT2D eigenvalue weighted by Gasteiger charge is 2.28. The number of hydrogen-bond donors (Lipinski definition) is 1. The highest BCUT2D eigenvalue weighted by atomic mass is 32.1. The number of nitrogens with zero attached hydrogens (tertiary/aromatic N) is 3. The quantitative estimate of drug-likeness (QED) is 0.943. The molecular formula is C14H14N4O2S. The van der Waals surface area contributed by atoms with Gasteiger partial charge >= 0.3 is 0 Å². The second-order valence-electron chi connectivity index (χ2n) is 5.28. The maximum atomic E-state index is 11.7. The lowest BCUT2D eigenvalue weighted by Crippen LogP contribution is -2.35. The van der Waals surface area contributed by atoms with Crippen LogP contribution in [0.1, 0.15) is 24.6 Å². The Hall–Kier alpha value is -2.15. The number of ether oxygens (including phenoxy) is 1. The minimum absolute atomic E-state index is 0.0495. The predicted molar refractivity (Wildman–Crippen MR) is 80.5 cm³/mol. The van der Waals surface area contributed by atoms with Gasteiger partial charge in [-0.2, -0.15) is 4.37 Å². The zero-order valence-electron chi connectivity index (χ0n) is 11.5. The van der Waals surface area contributed by atoms with Crippen molar-refractivity contribution in [3.05, 3.63) is 24.0 Å². The topological polar surface area (TPSA) is 67.3 Å². The largest absolute Gasteiger partial charge is 0.482 e. The van der Waals surface area contributed by atoms with E-state index in [1.54, 1.807) is 11.9 Å². The third-order valence-corrected chi connectivity index (χ3v) is 4.33. The number of nitrogens with one attached hydrogen (secondary N) is 1. The molecule has 2 aliphatic rings. The lowest BCUT2D eigenvalue weighted by molar-refractivity contribution is -0.120. The molecule has 1 aromatic heterocycles. The molecule has 7 heteroatoms. The highest BCUT2D eigenvalue weighted by molar-refractivity contribution is 7.09. The summed E-state index contributed by atoms with van der Waals surface area (Å²) in [4.78, 5) is 17.8. The van der Waals surface area contributed by atoms with Crippen molar-refractivity contribution < 1.29 is 9.53 Å². The highest BCUT2D eigenvalue weighted by Crippen LogP contribution is 2.40. The first kappa shape index (κ1) is 12.6. The van der Waals surface area contributed by atoms with Crippen LogP contribution in [0.4, 0.5) is 16.5 Å². The molecule has 6 nitrogen and oxygen atoms in total. The van der Waals surface area contributed by atoms with Gasteiger partial charge in [-0.3, -0.25) is 4.79 Å². The Morgan fingerprint density at radius 3 is 3.10 bits per heavy atom. The van der Waals surface area contributed by atoms with Crippen molar-refractivity contribution in [1.29, 1.82) is 0 Å². The molecule has 21 heavy (non-hydrogen) atoms. The predicted octanol–water partition coefficient (Wildman–Crippen LogP) is 2.51. The zero-order chi connectivity index (χ0) is 14.4. The second-order valence-corrected chi connectivity index (χ2v) is 6.03. The molecule has 108 valence electrons. The Morgan fingerprint density at radius 1 is 1.43 bits per heavy atom. The third-order valence-electron chi connectivity index (χ3n) is 3.68. The van der Waals surface area contributed by atoms with Crippen LogP contribution >= 0.6 is 11.5 Å². The molecule has 0 spiro atoms. The van der Waals surface area contributed by atoms with Gasteiger partial charge in [-0.25, -0.2) is 4.98 Å². The molecule has 1 aliphatic carbocycles. The number of fused-ring (bicyclic) bond motifs is 1. The van der Waals surface area contributed by atoms with Crippen molar-refractivity contribution in [2.24, 2.45) is 0 Å². The van der Waals surface area contributed by atoms with Gasteiger partial charge in [0.05, 0.1) is 5.69 Å². The summed E-state index contributed by atoms with van der Waals surface area (Å²) >= 11 is 1.37. The number of rotatable bonds is 3. The molecule has 1 saturated carbocycles. The Balaban J connectivity index is 1.58. The van der Waals surface area contributed by atoms with Crippen molar-refractivity contribution in [2.45, 2.75) is 18.8 Å². The number of anilines is 3. The van der Waals surface area contributed by atoms with E-state index in [0.717, 1.165) is 28.1 Å². The van der Waals surface area contributed by atoms with Gasteiger partial charge in [0.2, 0.25) is 5.13 Å². The van der Waals surface area contributed by atoms with Crippen molar-refractivity contribution in [3.63, 3.8) is 0 Å². The maximum Gasteiger partial charge on any atom is 0.264 e. The molecule has 1 fully saturated rings. The summed E-state index contributed by atoms with van der Waals surface area (Å²) in [7, 11) is 1.75. The van der Waals surface area contributed by atoms with Crippen LogP contribution < -0.4 is 15.0 Å². The molecule has 0 bridgehead atoms. The summed E-state index contributed by atoms with van der Waals surface area (Å²) in [6, 6.07) is 5.68. The fourth-order valence-corrected chi connectivity index (χ4v) is 2.93. The average molecular weight is 302 g/mol. The fraction of sp³-hybridized carbons (Fsp3) is 0.357. The third kappa shape index (κ3) is 2.33. The van der Waals surface area contributed by atoms with Crippen LogP contribution in [0.2, 0.25) is 0 Å². The smallest absolute Gasteiger partial charge is 0.264 e. The number of likely N-dealkylation sites (N-methyl/N-ethyl adjacent to an activating group) is 1. The molecule has 1 aliphatic heterocycles. The van der Waals surface area contributed by atoms with E-state index in [9.17, 15) is 4.79 Å². The monoisotopic (exact) mass is 302 g/mol. The van der Waals surface area contributed by atoms with Crippen molar-refractivity contribution in [2.75, 3.05) is 23.9 Å². The molecule has 0 unspecified atom stereocenters. The minimum Gasteiger partial charge on any atom is -0.482 e. The lowest BCUT2D eigenvalue weighted by Gasteiger charge is -2.26. The molecule has 2 aromatic rings. The van der Waals surface area contributed by atoms with Crippen LogP contribution in [0.3, 0.4) is 0 Å². The van der Waals surface area contributed by atoms with Gasteiger partial charge < -0.3 is 15.0 Å². The Kier molecular flexibility index (Phi) is 2.81. The minimum atomic E-state index is -0.0495. The van der Waals surface area contributed by atoms with Crippen LogP contribution in [-0.2, 0) is 4.79 Å². The van der Waals surface area contributed by atoms with Crippen molar-refractivity contribution >= 4 is 33.9 Å². The molecule has 1 amide bonds. The Bertz CT molecular complexity index is 711. The Morgan fingerprint density at radius 2 is 2.29 bits per heavy atom. The number of carbonyl (C=O) groups is 1. The van der Waals surface area contributed by atoms with Gasteiger partial charge in [0, 0.05) is 30.2 Å². The Labute approximate surface area is 125 Å². The summed E-state index contributed by atoms with van der Waals surface area (Å²) in [5.41, 5.74) is 1.64. The van der Waals surface area contributed by atoms with E-state index >= 15 is 0 Å². The van der Waals surface area contributed by atoms with Gasteiger partial charge in [-0.1, -0.05) is 0 Å². The molecule has 0 radical (unpaired) electrons. The lowest BCUT2D eigenvalue weighted by atomic mass is 10.2. The first-order valence-corrected chi connectivity index (χ1v) is 7.62. The van der Waals surface area contributed by atoms with E-state index in [4.69, 9.17) is 4.74 Å². The van der Waals surface area contributed by atoms with Crippen LogP contribution in [0.5, 0.6) is 5.75 Å². The molecular weight excluding hydrogens is 288 g/mol. The van der Waals surface area contributed by atoms with Gasteiger partial charge in [0.1, 0.15) is 11.6 Å². The molecule has 0 atom stereocenters. The van der Waals surface area contributed by atoms with Crippen molar-refractivity contribution in [1.82, 2.24) is 9.36 Å². The first-order valence-electron chi connectivity index (χ1n) is 6.85. The van der Waals surface area contributed by atoms with E-state index < -0.39 is 0 Å². The first-order chi connectivity index (χ1) is 10.2. The number of aromatic nitrogens is 2. The number of carbonyl (C=O) groups excluding carboxylic acids is 1.